The van der Waals surface area contributed by atoms with Gasteiger partial charge in [-0.05, 0) is 43.5 Å². The molecule has 1 saturated heterocycles. The summed E-state index contributed by atoms with van der Waals surface area (Å²) < 4.78 is 1.89. The van der Waals surface area contributed by atoms with E-state index in [0.717, 1.165) is 44.5 Å². The second kappa shape index (κ2) is 9.48. The Morgan fingerprint density at radius 2 is 2.31 bits per heavy atom. The molecule has 0 bridgehead atoms. The summed E-state index contributed by atoms with van der Waals surface area (Å²) in [5.74, 6) is 0.567. The van der Waals surface area contributed by atoms with Crippen molar-refractivity contribution in [3.05, 3.63) is 48.0 Å². The number of pyridine rings is 1. The summed E-state index contributed by atoms with van der Waals surface area (Å²) in [6.07, 6.45) is 9.81. The number of hydrogen-bond donors (Lipinski definition) is 1. The van der Waals surface area contributed by atoms with Crippen LogP contribution in [0.4, 0.5) is 0 Å². The van der Waals surface area contributed by atoms with Crippen molar-refractivity contribution in [2.45, 2.75) is 51.6 Å². The summed E-state index contributed by atoms with van der Waals surface area (Å²) in [4.78, 5) is 19.1. The van der Waals surface area contributed by atoms with Gasteiger partial charge in [-0.15, -0.1) is 0 Å². The van der Waals surface area contributed by atoms with Gasteiger partial charge in [0.1, 0.15) is 6.54 Å². The molecule has 140 valence electrons. The van der Waals surface area contributed by atoms with Crippen LogP contribution in [-0.4, -0.2) is 45.2 Å². The van der Waals surface area contributed by atoms with Crippen LogP contribution in [0.3, 0.4) is 0 Å². The smallest absolute Gasteiger partial charge is 0.244 e. The highest BCUT2D eigenvalue weighted by molar-refractivity contribution is 5.76. The lowest BCUT2D eigenvalue weighted by Crippen LogP contribution is -2.36. The molecule has 0 radical (unpaired) electrons. The van der Waals surface area contributed by atoms with E-state index in [0.29, 0.717) is 19.0 Å². The highest BCUT2D eigenvalue weighted by Gasteiger charge is 2.21. The quantitative estimate of drug-likeness (QED) is 0.790. The number of aromatic nitrogens is 3. The molecule has 3 rings (SSSR count). The average Bonchev–Trinajstić information content (AvgIpc) is 3.14. The van der Waals surface area contributed by atoms with E-state index in [9.17, 15) is 4.79 Å². The minimum Gasteiger partial charge on any atom is -0.337 e. The summed E-state index contributed by atoms with van der Waals surface area (Å²) >= 11 is 0. The van der Waals surface area contributed by atoms with Gasteiger partial charge in [0.25, 0.3) is 0 Å². The van der Waals surface area contributed by atoms with Crippen LogP contribution < -0.4 is 5.32 Å². The van der Waals surface area contributed by atoms with Gasteiger partial charge in [-0.3, -0.25) is 14.5 Å². The van der Waals surface area contributed by atoms with Crippen molar-refractivity contribution in [2.24, 2.45) is 0 Å². The van der Waals surface area contributed by atoms with Crippen molar-refractivity contribution < 1.29 is 4.79 Å². The third-order valence-corrected chi connectivity index (χ3v) is 4.98. The van der Waals surface area contributed by atoms with Gasteiger partial charge in [0.2, 0.25) is 5.91 Å². The molecule has 1 unspecified atom stereocenters. The predicted molar refractivity (Wildman–Crippen MR) is 102 cm³/mol. The monoisotopic (exact) mass is 355 g/mol. The molecule has 0 spiro atoms. The molecule has 1 aliphatic heterocycles. The Bertz CT molecular complexity index is 679. The summed E-state index contributed by atoms with van der Waals surface area (Å²) in [6.45, 7) is 5.88. The number of amides is 1. The largest absolute Gasteiger partial charge is 0.337 e. The Morgan fingerprint density at radius 1 is 1.38 bits per heavy atom. The number of carbonyl (C=O) groups excluding carboxylic acids is 1. The lowest BCUT2D eigenvalue weighted by molar-refractivity contribution is -0.132. The average molecular weight is 355 g/mol. The molecular weight excluding hydrogens is 326 g/mol. The number of rotatable bonds is 8. The second-order valence-corrected chi connectivity index (χ2v) is 6.99. The summed E-state index contributed by atoms with van der Waals surface area (Å²) in [6, 6.07) is 5.99. The lowest BCUT2D eigenvalue weighted by atomic mass is 9.96. The van der Waals surface area contributed by atoms with Crippen LogP contribution in [0.2, 0.25) is 0 Å². The van der Waals surface area contributed by atoms with Crippen molar-refractivity contribution in [3.8, 4) is 0 Å². The molecule has 1 aliphatic rings. The molecule has 26 heavy (non-hydrogen) atoms. The van der Waals surface area contributed by atoms with E-state index in [1.54, 1.807) is 6.20 Å². The Balaban J connectivity index is 1.68. The van der Waals surface area contributed by atoms with Crippen LogP contribution in [0.5, 0.6) is 0 Å². The molecule has 0 aromatic carbocycles. The molecule has 0 aliphatic carbocycles. The molecule has 1 N–H and O–H groups in total. The maximum Gasteiger partial charge on any atom is 0.244 e. The van der Waals surface area contributed by atoms with Gasteiger partial charge in [-0.2, -0.15) is 5.10 Å². The van der Waals surface area contributed by atoms with Gasteiger partial charge < -0.3 is 10.2 Å². The van der Waals surface area contributed by atoms with Crippen LogP contribution >= 0.6 is 0 Å². The Hall–Kier alpha value is -2.21. The topological polar surface area (TPSA) is 63.1 Å². The fourth-order valence-electron chi connectivity index (χ4n) is 3.51. The number of nitrogens with one attached hydrogen (secondary N) is 1. The van der Waals surface area contributed by atoms with E-state index in [-0.39, 0.29) is 5.91 Å². The van der Waals surface area contributed by atoms with Gasteiger partial charge in [0, 0.05) is 49.8 Å². The zero-order valence-electron chi connectivity index (χ0n) is 15.6. The van der Waals surface area contributed by atoms with E-state index in [2.05, 4.69) is 28.4 Å². The molecule has 2 aromatic heterocycles. The van der Waals surface area contributed by atoms with E-state index >= 15 is 0 Å². The third kappa shape index (κ3) is 4.91. The summed E-state index contributed by atoms with van der Waals surface area (Å²) in [7, 11) is 0. The second-order valence-electron chi connectivity index (χ2n) is 6.99. The number of piperidine rings is 1. The number of carbonyl (C=O) groups is 1. The SMILES string of the molecule is CCCCN(Cc1cccnc1)C(=O)Cn1nccc1C1CCCNC1. The van der Waals surface area contributed by atoms with E-state index in [1.807, 2.05) is 34.1 Å². The predicted octanol–water partition coefficient (Wildman–Crippen LogP) is 2.57. The maximum absolute atomic E-state index is 13.0. The molecule has 2 aromatic rings. The van der Waals surface area contributed by atoms with Crippen molar-refractivity contribution in [1.82, 2.24) is 25.0 Å². The van der Waals surface area contributed by atoms with Crippen LogP contribution in [0.1, 0.15) is 49.8 Å². The minimum absolute atomic E-state index is 0.121. The standard InChI is InChI=1S/C20H29N5O/c1-2-3-12-24(15-17-6-4-9-21-13-17)20(26)16-25-19(8-11-23-25)18-7-5-10-22-14-18/h4,6,8-9,11,13,18,22H,2-3,5,7,10,12,14-16H2,1H3. The molecule has 1 fully saturated rings. The highest BCUT2D eigenvalue weighted by atomic mass is 16.2. The Labute approximate surface area is 155 Å². The Kier molecular flexibility index (Phi) is 6.77. The van der Waals surface area contributed by atoms with Gasteiger partial charge in [-0.25, -0.2) is 0 Å². The fourth-order valence-corrected chi connectivity index (χ4v) is 3.51. The molecule has 1 atom stereocenters. The first-order valence-electron chi connectivity index (χ1n) is 9.67. The molecule has 0 saturated carbocycles. The van der Waals surface area contributed by atoms with Gasteiger partial charge >= 0.3 is 0 Å². The van der Waals surface area contributed by atoms with Crippen molar-refractivity contribution in [1.29, 1.82) is 0 Å². The summed E-state index contributed by atoms with van der Waals surface area (Å²) in [5, 5.41) is 7.87. The van der Waals surface area contributed by atoms with Crippen LogP contribution in [0.15, 0.2) is 36.8 Å². The lowest BCUT2D eigenvalue weighted by Gasteiger charge is -2.26. The highest BCUT2D eigenvalue weighted by Crippen LogP contribution is 2.23. The van der Waals surface area contributed by atoms with Gasteiger partial charge in [0.05, 0.1) is 0 Å². The van der Waals surface area contributed by atoms with Crippen molar-refractivity contribution in [2.75, 3.05) is 19.6 Å². The zero-order chi connectivity index (χ0) is 18.2. The van der Waals surface area contributed by atoms with E-state index in [1.165, 1.54) is 12.1 Å². The van der Waals surface area contributed by atoms with Gasteiger partial charge in [0.15, 0.2) is 0 Å². The van der Waals surface area contributed by atoms with E-state index in [4.69, 9.17) is 0 Å². The zero-order valence-corrected chi connectivity index (χ0v) is 15.6. The number of hydrogen-bond acceptors (Lipinski definition) is 4. The van der Waals surface area contributed by atoms with Crippen LogP contribution in [0, 0.1) is 0 Å². The molecule has 3 heterocycles. The van der Waals surface area contributed by atoms with Crippen molar-refractivity contribution >= 4 is 5.91 Å². The molecule has 1 amide bonds. The van der Waals surface area contributed by atoms with Gasteiger partial charge in [-0.1, -0.05) is 19.4 Å². The first-order valence-corrected chi connectivity index (χ1v) is 9.67. The Morgan fingerprint density at radius 3 is 3.04 bits per heavy atom. The van der Waals surface area contributed by atoms with Crippen LogP contribution in [-0.2, 0) is 17.9 Å². The molecular formula is C20H29N5O. The fraction of sp³-hybridized carbons (Fsp3) is 0.550. The number of unbranched alkanes of at least 4 members (excludes halogenated alkanes) is 1. The molecule has 6 nitrogen and oxygen atoms in total. The summed E-state index contributed by atoms with van der Waals surface area (Å²) in [5.41, 5.74) is 2.23. The van der Waals surface area contributed by atoms with Crippen LogP contribution in [0.25, 0.3) is 0 Å². The number of nitrogens with zero attached hydrogens (tertiary/aromatic N) is 4. The first kappa shape index (κ1) is 18.6. The molecule has 6 heteroatoms. The first-order chi connectivity index (χ1) is 12.8. The third-order valence-electron chi connectivity index (χ3n) is 4.98. The van der Waals surface area contributed by atoms with Crippen molar-refractivity contribution in [3.63, 3.8) is 0 Å². The van der Waals surface area contributed by atoms with E-state index < -0.39 is 0 Å². The normalized spacial score (nSPS) is 17.2. The minimum atomic E-state index is 0.121. The maximum atomic E-state index is 13.0.